The zero-order valence-corrected chi connectivity index (χ0v) is 11.2. The van der Waals surface area contributed by atoms with Crippen LogP contribution in [0.5, 0.6) is 0 Å². The van der Waals surface area contributed by atoms with Crippen LogP contribution >= 0.6 is 12.4 Å². The van der Waals surface area contributed by atoms with Crippen LogP contribution in [0.25, 0.3) is 0 Å². The Morgan fingerprint density at radius 2 is 2.06 bits per heavy atom. The zero-order chi connectivity index (χ0) is 12.0. The molecular weight excluding hydrogens is 242 g/mol. The first-order chi connectivity index (χ1) is 7.59. The quantitative estimate of drug-likeness (QED) is 0.678. The van der Waals surface area contributed by atoms with Crippen LogP contribution < -0.4 is 16.0 Å². The number of nitrogens with one attached hydrogen (secondary N) is 3. The Hall–Kier alpha value is -0.810. The number of piperidine rings is 1. The molecule has 3 N–H and O–H groups in total. The van der Waals surface area contributed by atoms with Crippen LogP contribution in [-0.4, -0.2) is 37.0 Å². The lowest BCUT2D eigenvalue weighted by molar-refractivity contribution is -0.127. The van der Waals surface area contributed by atoms with E-state index in [1.165, 1.54) is 0 Å². The number of hydrogen-bond acceptors (Lipinski definition) is 3. The van der Waals surface area contributed by atoms with Crippen molar-refractivity contribution in [2.45, 2.75) is 45.2 Å². The number of hydrogen-bond donors (Lipinski definition) is 3. The third-order valence-corrected chi connectivity index (χ3v) is 2.50. The highest BCUT2D eigenvalue weighted by Crippen LogP contribution is 2.06. The molecule has 0 aromatic rings. The number of halogens is 1. The fourth-order valence-electron chi connectivity index (χ4n) is 1.74. The van der Waals surface area contributed by atoms with Crippen LogP contribution in [0.15, 0.2) is 0 Å². The van der Waals surface area contributed by atoms with Gasteiger partial charge in [-0.25, -0.2) is 0 Å². The number of rotatable bonds is 4. The fraction of sp³-hybridized carbons (Fsp3) is 0.818. The van der Waals surface area contributed by atoms with Crippen LogP contribution in [0.1, 0.15) is 33.1 Å². The van der Waals surface area contributed by atoms with Crippen LogP contribution in [0, 0.1) is 0 Å². The monoisotopic (exact) mass is 263 g/mol. The molecule has 0 radical (unpaired) electrons. The molecule has 1 aliphatic heterocycles. The summed E-state index contributed by atoms with van der Waals surface area (Å²) in [5.41, 5.74) is 0. The predicted octanol–water partition coefficient (Wildman–Crippen LogP) is 0.191. The van der Waals surface area contributed by atoms with E-state index in [1.807, 2.05) is 13.8 Å². The molecule has 0 saturated carbocycles. The standard InChI is InChI=1S/C11H21N3O2.ClH/c1-8(2)14-10(15)7-13-11(16)9-5-3-4-6-12-9;/h8-9,12H,3-7H2,1-2H3,(H,13,16)(H,14,15);1H/t9-;/m0./s1. The van der Waals surface area contributed by atoms with E-state index in [1.54, 1.807) is 0 Å². The summed E-state index contributed by atoms with van der Waals surface area (Å²) in [5, 5.41) is 8.51. The van der Waals surface area contributed by atoms with Gasteiger partial charge >= 0.3 is 0 Å². The van der Waals surface area contributed by atoms with E-state index in [0.717, 1.165) is 25.8 Å². The summed E-state index contributed by atoms with van der Waals surface area (Å²) in [5.74, 6) is -0.210. The molecule has 1 heterocycles. The lowest BCUT2D eigenvalue weighted by atomic mass is 10.0. The van der Waals surface area contributed by atoms with Gasteiger partial charge in [0.05, 0.1) is 12.6 Å². The van der Waals surface area contributed by atoms with Gasteiger partial charge in [0, 0.05) is 6.04 Å². The Bertz CT molecular complexity index is 253. The smallest absolute Gasteiger partial charge is 0.239 e. The second-order valence-corrected chi connectivity index (χ2v) is 4.44. The summed E-state index contributed by atoms with van der Waals surface area (Å²) in [4.78, 5) is 22.9. The molecule has 17 heavy (non-hydrogen) atoms. The average Bonchev–Trinajstić information content (AvgIpc) is 2.26. The predicted molar refractivity (Wildman–Crippen MR) is 69.2 cm³/mol. The Balaban J connectivity index is 0.00000256. The maximum atomic E-state index is 11.6. The topological polar surface area (TPSA) is 70.2 Å². The molecule has 1 atom stereocenters. The minimum atomic E-state index is -0.140. The van der Waals surface area contributed by atoms with Crippen molar-refractivity contribution in [1.82, 2.24) is 16.0 Å². The normalized spacial score (nSPS) is 19.4. The molecule has 0 aromatic carbocycles. The maximum Gasteiger partial charge on any atom is 0.239 e. The largest absolute Gasteiger partial charge is 0.352 e. The zero-order valence-electron chi connectivity index (χ0n) is 10.4. The van der Waals surface area contributed by atoms with Crippen molar-refractivity contribution >= 4 is 24.2 Å². The van der Waals surface area contributed by atoms with Gasteiger partial charge in [0.25, 0.3) is 0 Å². The van der Waals surface area contributed by atoms with Gasteiger partial charge in [-0.1, -0.05) is 6.42 Å². The van der Waals surface area contributed by atoms with Crippen molar-refractivity contribution in [3.05, 3.63) is 0 Å². The van der Waals surface area contributed by atoms with Gasteiger partial charge in [0.15, 0.2) is 0 Å². The summed E-state index contributed by atoms with van der Waals surface area (Å²) in [6, 6.07) is -0.0159. The Labute approximate surface area is 109 Å². The second kappa shape index (κ2) is 8.31. The van der Waals surface area contributed by atoms with Crippen LogP contribution in [-0.2, 0) is 9.59 Å². The third kappa shape index (κ3) is 6.48. The minimum absolute atomic E-state index is 0. The van der Waals surface area contributed by atoms with Crippen molar-refractivity contribution in [2.75, 3.05) is 13.1 Å². The van der Waals surface area contributed by atoms with Crippen molar-refractivity contribution in [3.63, 3.8) is 0 Å². The van der Waals surface area contributed by atoms with Crippen molar-refractivity contribution < 1.29 is 9.59 Å². The molecule has 0 aromatic heterocycles. The first kappa shape index (κ1) is 16.2. The van der Waals surface area contributed by atoms with Crippen LogP contribution in [0.4, 0.5) is 0 Å². The molecule has 1 saturated heterocycles. The van der Waals surface area contributed by atoms with Crippen molar-refractivity contribution in [2.24, 2.45) is 0 Å². The first-order valence-electron chi connectivity index (χ1n) is 5.90. The Morgan fingerprint density at radius 3 is 2.59 bits per heavy atom. The fourth-order valence-corrected chi connectivity index (χ4v) is 1.74. The summed E-state index contributed by atoms with van der Waals surface area (Å²) in [6.45, 7) is 4.73. The summed E-state index contributed by atoms with van der Waals surface area (Å²) in [7, 11) is 0. The number of carbonyl (C=O) groups excluding carboxylic acids is 2. The van der Waals surface area contributed by atoms with Gasteiger partial charge in [-0.15, -0.1) is 12.4 Å². The van der Waals surface area contributed by atoms with Gasteiger partial charge in [-0.2, -0.15) is 0 Å². The Morgan fingerprint density at radius 1 is 1.35 bits per heavy atom. The van der Waals surface area contributed by atoms with Gasteiger partial charge < -0.3 is 16.0 Å². The van der Waals surface area contributed by atoms with Crippen molar-refractivity contribution in [3.8, 4) is 0 Å². The van der Waals surface area contributed by atoms with Gasteiger partial charge in [0.1, 0.15) is 0 Å². The molecule has 1 aliphatic rings. The molecule has 100 valence electrons. The lowest BCUT2D eigenvalue weighted by Crippen LogP contribution is -2.49. The third-order valence-electron chi connectivity index (χ3n) is 2.50. The number of amides is 2. The van der Waals surface area contributed by atoms with Gasteiger partial charge in [-0.3, -0.25) is 9.59 Å². The van der Waals surface area contributed by atoms with E-state index in [-0.39, 0.29) is 42.8 Å². The molecule has 5 nitrogen and oxygen atoms in total. The molecule has 6 heteroatoms. The SMILES string of the molecule is CC(C)NC(=O)CNC(=O)[C@@H]1CCCCN1.Cl. The van der Waals surface area contributed by atoms with Crippen LogP contribution in [0.2, 0.25) is 0 Å². The highest BCUT2D eigenvalue weighted by atomic mass is 35.5. The van der Waals surface area contributed by atoms with E-state index in [0.29, 0.717) is 0 Å². The second-order valence-electron chi connectivity index (χ2n) is 4.44. The molecule has 0 aliphatic carbocycles. The number of carbonyl (C=O) groups is 2. The molecule has 0 spiro atoms. The molecule has 2 amide bonds. The van der Waals surface area contributed by atoms with E-state index < -0.39 is 0 Å². The van der Waals surface area contributed by atoms with Crippen LogP contribution in [0.3, 0.4) is 0 Å². The van der Waals surface area contributed by atoms with E-state index in [2.05, 4.69) is 16.0 Å². The molecule has 0 bridgehead atoms. The Kier molecular flexibility index (Phi) is 7.91. The highest BCUT2D eigenvalue weighted by molar-refractivity contribution is 5.87. The maximum absolute atomic E-state index is 11.6. The lowest BCUT2D eigenvalue weighted by Gasteiger charge is -2.22. The summed E-state index contributed by atoms with van der Waals surface area (Å²) >= 11 is 0. The average molecular weight is 264 g/mol. The van der Waals surface area contributed by atoms with Crippen molar-refractivity contribution in [1.29, 1.82) is 0 Å². The van der Waals surface area contributed by atoms with E-state index in [4.69, 9.17) is 0 Å². The highest BCUT2D eigenvalue weighted by Gasteiger charge is 2.20. The molecule has 1 fully saturated rings. The minimum Gasteiger partial charge on any atom is -0.352 e. The first-order valence-corrected chi connectivity index (χ1v) is 5.90. The van der Waals surface area contributed by atoms with E-state index >= 15 is 0 Å². The molecule has 1 rings (SSSR count). The van der Waals surface area contributed by atoms with Gasteiger partial charge in [-0.05, 0) is 33.2 Å². The van der Waals surface area contributed by atoms with E-state index in [9.17, 15) is 9.59 Å². The van der Waals surface area contributed by atoms with Gasteiger partial charge in [0.2, 0.25) is 11.8 Å². The summed E-state index contributed by atoms with van der Waals surface area (Å²) < 4.78 is 0. The molecule has 0 unspecified atom stereocenters. The molecular formula is C11H22ClN3O2. The summed E-state index contributed by atoms with van der Waals surface area (Å²) in [6.07, 6.45) is 3.05.